The molecule has 0 bridgehead atoms. The van der Waals surface area contributed by atoms with Gasteiger partial charge in [-0.3, -0.25) is 4.79 Å². The maximum absolute atomic E-state index is 12.9. The number of piperidine rings is 1. The van der Waals surface area contributed by atoms with Crippen LogP contribution in [0.2, 0.25) is 0 Å². The first-order valence-corrected chi connectivity index (χ1v) is 8.74. The Bertz CT molecular complexity index is 832. The van der Waals surface area contributed by atoms with E-state index in [9.17, 15) is 15.0 Å². The van der Waals surface area contributed by atoms with Crippen LogP contribution in [-0.2, 0) is 14.9 Å². The molecule has 2 aliphatic rings. The van der Waals surface area contributed by atoms with E-state index in [0.717, 1.165) is 16.5 Å². The van der Waals surface area contributed by atoms with E-state index in [4.69, 9.17) is 4.74 Å². The lowest BCUT2D eigenvalue weighted by Crippen LogP contribution is -2.67. The second-order valence-corrected chi connectivity index (χ2v) is 7.31. The fourth-order valence-electron chi connectivity index (χ4n) is 5.11. The number of esters is 1. The molecule has 2 aromatic rings. The summed E-state index contributed by atoms with van der Waals surface area (Å²) < 4.78 is 5.12. The van der Waals surface area contributed by atoms with E-state index in [-0.39, 0.29) is 5.92 Å². The van der Waals surface area contributed by atoms with E-state index in [1.165, 1.54) is 7.11 Å². The van der Waals surface area contributed by atoms with Crippen LogP contribution >= 0.6 is 0 Å². The summed E-state index contributed by atoms with van der Waals surface area (Å²) in [5.74, 6) is -1.10. The Hall–Kier alpha value is -1.89. The number of ether oxygens (including phenoxy) is 1. The molecule has 4 N–H and O–H groups in total. The quantitative estimate of drug-likeness (QED) is 0.611. The molecule has 1 aliphatic heterocycles. The maximum atomic E-state index is 12.9. The van der Waals surface area contributed by atoms with Crippen molar-refractivity contribution in [1.82, 2.24) is 10.3 Å². The molecule has 1 aliphatic carbocycles. The van der Waals surface area contributed by atoms with Crippen LogP contribution in [0.1, 0.15) is 30.5 Å². The summed E-state index contributed by atoms with van der Waals surface area (Å²) in [6, 6.07) is 7.81. The van der Waals surface area contributed by atoms with Crippen LogP contribution in [-0.4, -0.2) is 53.6 Å². The maximum Gasteiger partial charge on any atom is 0.320 e. The van der Waals surface area contributed by atoms with Gasteiger partial charge >= 0.3 is 5.97 Å². The molecule has 4 rings (SSSR count). The third-order valence-corrected chi connectivity index (χ3v) is 6.39. The summed E-state index contributed by atoms with van der Waals surface area (Å²) in [5.41, 5.74) is 0.0699. The minimum absolute atomic E-state index is 0.180. The number of methoxy groups -OCH3 is 1. The molecule has 0 saturated carbocycles. The normalized spacial score (nSPS) is 34.4. The highest BCUT2D eigenvalue weighted by Crippen LogP contribution is 2.55. The molecule has 0 unspecified atom stereocenters. The van der Waals surface area contributed by atoms with Crippen LogP contribution in [0.15, 0.2) is 24.3 Å². The predicted octanol–water partition coefficient (Wildman–Crippen LogP) is 1.03. The van der Waals surface area contributed by atoms with E-state index in [1.807, 2.05) is 31.2 Å². The third kappa shape index (κ3) is 1.93. The largest absolute Gasteiger partial charge is 0.468 e. The number of hydrogen-bond donors (Lipinski definition) is 4. The molecule has 6 heteroatoms. The van der Waals surface area contributed by atoms with E-state index in [0.29, 0.717) is 25.2 Å². The van der Waals surface area contributed by atoms with Gasteiger partial charge in [-0.05, 0) is 24.6 Å². The lowest BCUT2D eigenvalue weighted by Gasteiger charge is -2.55. The zero-order valence-corrected chi connectivity index (χ0v) is 14.5. The van der Waals surface area contributed by atoms with E-state index < -0.39 is 29.5 Å². The van der Waals surface area contributed by atoms with Gasteiger partial charge in [-0.25, -0.2) is 0 Å². The van der Waals surface area contributed by atoms with Crippen LogP contribution in [0, 0.1) is 5.92 Å². The number of rotatable bonds is 2. The Kier molecular flexibility index (Phi) is 3.68. The lowest BCUT2D eigenvalue weighted by molar-refractivity contribution is -0.167. The Balaban J connectivity index is 2.09. The number of H-pyrrole nitrogens is 1. The molecule has 1 aromatic carbocycles. The first-order valence-electron chi connectivity index (χ1n) is 8.74. The molecule has 1 fully saturated rings. The molecule has 0 radical (unpaired) electrons. The summed E-state index contributed by atoms with van der Waals surface area (Å²) in [7, 11) is 1.33. The van der Waals surface area contributed by atoms with E-state index in [1.54, 1.807) is 0 Å². The molecule has 0 spiro atoms. The lowest BCUT2D eigenvalue weighted by atomic mass is 9.53. The van der Waals surface area contributed by atoms with Gasteiger partial charge < -0.3 is 25.3 Å². The molecule has 134 valence electrons. The predicted molar refractivity (Wildman–Crippen MR) is 93.4 cm³/mol. The zero-order valence-electron chi connectivity index (χ0n) is 14.5. The minimum Gasteiger partial charge on any atom is -0.468 e. The molecule has 0 amide bonds. The molecule has 4 atom stereocenters. The van der Waals surface area contributed by atoms with Crippen LogP contribution in [0.5, 0.6) is 0 Å². The first kappa shape index (κ1) is 16.6. The Morgan fingerprint density at radius 1 is 1.40 bits per heavy atom. The van der Waals surface area contributed by atoms with Gasteiger partial charge in [-0.2, -0.15) is 0 Å². The van der Waals surface area contributed by atoms with Gasteiger partial charge in [0.15, 0.2) is 0 Å². The van der Waals surface area contributed by atoms with Gasteiger partial charge in [0.1, 0.15) is 5.41 Å². The van der Waals surface area contributed by atoms with Gasteiger partial charge in [0.25, 0.3) is 0 Å². The van der Waals surface area contributed by atoms with Crippen LogP contribution in [0.25, 0.3) is 10.9 Å². The number of para-hydroxylation sites is 1. The van der Waals surface area contributed by atoms with Crippen molar-refractivity contribution in [2.24, 2.45) is 5.92 Å². The van der Waals surface area contributed by atoms with Crippen molar-refractivity contribution in [2.45, 2.75) is 30.3 Å². The summed E-state index contributed by atoms with van der Waals surface area (Å²) in [6.07, 6.45) is 0.589. The second-order valence-electron chi connectivity index (χ2n) is 7.31. The number of aromatic amines is 1. The van der Waals surface area contributed by atoms with E-state index >= 15 is 0 Å². The minimum atomic E-state index is -1.29. The number of benzene rings is 1. The van der Waals surface area contributed by atoms with Crippen molar-refractivity contribution in [2.75, 3.05) is 26.8 Å². The average molecular weight is 344 g/mol. The van der Waals surface area contributed by atoms with Crippen molar-refractivity contribution >= 4 is 16.9 Å². The first-order chi connectivity index (χ1) is 12.0. The Labute approximate surface area is 146 Å². The summed E-state index contributed by atoms with van der Waals surface area (Å²) in [6.45, 7) is 2.67. The summed E-state index contributed by atoms with van der Waals surface area (Å²) >= 11 is 0. The highest BCUT2D eigenvalue weighted by atomic mass is 16.5. The molecule has 1 saturated heterocycles. The molecule has 25 heavy (non-hydrogen) atoms. The van der Waals surface area contributed by atoms with Crippen molar-refractivity contribution in [3.05, 3.63) is 35.5 Å². The number of fused-ring (bicyclic) bond motifs is 4. The van der Waals surface area contributed by atoms with Gasteiger partial charge in [-0.1, -0.05) is 25.1 Å². The SMILES string of the molecule is COC(=O)[C@]1(CO)c2[nH]c3ccccc3c2[C@@H](C)[C@]2(O)CNCC[C@@H]21. The number of β-amino-alcohol motifs (C(OH)–C–C–N with tert-alkyl or cyclic N) is 1. The number of aliphatic hydroxyl groups excluding tert-OH is 1. The number of nitrogens with one attached hydrogen (secondary N) is 2. The molecular formula is C19H24N2O4. The standard InChI is InChI=1S/C19H24N2O4/c1-11-15-12-5-3-4-6-13(12)21-16(15)18(10-22,17(23)25-2)14-7-8-20-9-19(11,14)24/h3-6,11,14,20-22,24H,7-10H2,1-2H3/t11-,14-,18+,19-/m1/s1. The molecule has 2 heterocycles. The van der Waals surface area contributed by atoms with Gasteiger partial charge in [-0.15, -0.1) is 0 Å². The number of hydrogen-bond acceptors (Lipinski definition) is 5. The average Bonchev–Trinajstić information content (AvgIpc) is 3.02. The highest BCUT2D eigenvalue weighted by Gasteiger charge is 2.64. The topological polar surface area (TPSA) is 94.6 Å². The summed E-state index contributed by atoms with van der Waals surface area (Å²) in [4.78, 5) is 16.3. The molecule has 6 nitrogen and oxygen atoms in total. The molecular weight excluding hydrogens is 320 g/mol. The van der Waals surface area contributed by atoms with Crippen LogP contribution in [0.4, 0.5) is 0 Å². The third-order valence-electron chi connectivity index (χ3n) is 6.39. The fraction of sp³-hybridized carbons (Fsp3) is 0.526. The number of aromatic nitrogens is 1. The number of aliphatic hydroxyl groups is 2. The highest BCUT2D eigenvalue weighted by molar-refractivity contribution is 5.92. The van der Waals surface area contributed by atoms with Crippen LogP contribution in [0.3, 0.4) is 0 Å². The van der Waals surface area contributed by atoms with E-state index in [2.05, 4.69) is 10.3 Å². The number of carbonyl (C=O) groups is 1. The van der Waals surface area contributed by atoms with Crippen molar-refractivity contribution in [3.63, 3.8) is 0 Å². The molecule has 1 aromatic heterocycles. The second kappa shape index (κ2) is 5.56. The van der Waals surface area contributed by atoms with Gasteiger partial charge in [0.05, 0.1) is 19.3 Å². The van der Waals surface area contributed by atoms with Crippen LogP contribution < -0.4 is 5.32 Å². The van der Waals surface area contributed by atoms with Crippen molar-refractivity contribution in [1.29, 1.82) is 0 Å². The fourth-order valence-corrected chi connectivity index (χ4v) is 5.11. The Morgan fingerprint density at radius 2 is 2.16 bits per heavy atom. The zero-order chi connectivity index (χ0) is 17.8. The van der Waals surface area contributed by atoms with Gasteiger partial charge in [0, 0.05) is 35.0 Å². The van der Waals surface area contributed by atoms with Crippen molar-refractivity contribution < 1.29 is 19.7 Å². The Morgan fingerprint density at radius 3 is 2.88 bits per heavy atom. The van der Waals surface area contributed by atoms with Crippen molar-refractivity contribution in [3.8, 4) is 0 Å². The number of carbonyl (C=O) groups excluding carboxylic acids is 1. The monoisotopic (exact) mass is 344 g/mol. The van der Waals surface area contributed by atoms with Gasteiger partial charge in [0.2, 0.25) is 0 Å². The summed E-state index contributed by atoms with van der Waals surface area (Å²) in [5, 5.41) is 26.2. The smallest absolute Gasteiger partial charge is 0.320 e.